The average molecular weight is 168 g/mol. The van der Waals surface area contributed by atoms with E-state index < -0.39 is 0 Å². The van der Waals surface area contributed by atoms with Crippen LogP contribution in [0.2, 0.25) is 0 Å². The zero-order valence-electron chi connectivity index (χ0n) is 7.06. The van der Waals surface area contributed by atoms with E-state index in [-0.39, 0.29) is 5.97 Å². The summed E-state index contributed by atoms with van der Waals surface area (Å²) in [5, 5.41) is 0. The van der Waals surface area contributed by atoms with Crippen molar-refractivity contribution in [2.45, 2.75) is 19.9 Å². The molecule has 0 aliphatic carbocycles. The molecule has 0 unspecified atom stereocenters. The molecule has 0 N–H and O–H groups in total. The van der Waals surface area contributed by atoms with Gasteiger partial charge < -0.3 is 9.30 Å². The van der Waals surface area contributed by atoms with Gasteiger partial charge in [-0.2, -0.15) is 0 Å². The molecule has 0 fully saturated rings. The molecule has 1 aromatic heterocycles. The molecule has 4 heteroatoms. The van der Waals surface area contributed by atoms with Gasteiger partial charge in [0.05, 0.1) is 12.9 Å². The van der Waals surface area contributed by atoms with E-state index in [9.17, 15) is 4.79 Å². The van der Waals surface area contributed by atoms with Gasteiger partial charge >= 0.3 is 5.97 Å². The Balaban J connectivity index is 2.07. The Hall–Kier alpha value is -1.32. The largest absolute Gasteiger partial charge is 0.466 e. The molecule has 0 spiro atoms. The minimum absolute atomic E-state index is 0.222. The van der Waals surface area contributed by atoms with Crippen LogP contribution >= 0.6 is 0 Å². The summed E-state index contributed by atoms with van der Waals surface area (Å²) >= 11 is 0. The molecule has 1 rings (SSSR count). The van der Waals surface area contributed by atoms with Crippen LogP contribution in [0.5, 0.6) is 0 Å². The number of hydrogen-bond acceptors (Lipinski definition) is 3. The fraction of sp³-hybridized carbons (Fsp3) is 0.500. The molecule has 4 nitrogen and oxygen atoms in total. The number of aromatic nitrogens is 2. The number of hydrogen-bond donors (Lipinski definition) is 0. The van der Waals surface area contributed by atoms with E-state index in [4.69, 9.17) is 4.74 Å². The molecule has 0 saturated heterocycles. The van der Waals surface area contributed by atoms with Gasteiger partial charge in [-0.3, -0.25) is 4.79 Å². The molecule has 1 heterocycles. The van der Waals surface area contributed by atoms with Gasteiger partial charge in [-0.25, -0.2) is 4.98 Å². The summed E-state index contributed by atoms with van der Waals surface area (Å²) in [5.41, 5.74) is 0. The van der Waals surface area contributed by atoms with Gasteiger partial charge in [-0.05, 0) is 6.42 Å². The number of rotatable bonds is 4. The molecule has 0 saturated carbocycles. The zero-order valence-corrected chi connectivity index (χ0v) is 7.06. The number of nitrogens with zero attached hydrogens (tertiary/aromatic N) is 2. The summed E-state index contributed by atoms with van der Waals surface area (Å²) < 4.78 is 6.72. The van der Waals surface area contributed by atoms with Crippen molar-refractivity contribution < 1.29 is 9.53 Å². The van der Waals surface area contributed by atoms with E-state index >= 15 is 0 Å². The number of carbonyl (C=O) groups is 1. The number of carbonyl (C=O) groups excluding carboxylic acids is 1. The standard InChI is InChI=1S/C8H12N2O2/c1-8(11)12-6-2-4-10-5-3-9-7-10/h3,5,7H,2,4,6H2,1H3. The average Bonchev–Trinajstić information content (AvgIpc) is 2.49. The molecule has 0 atom stereocenters. The monoisotopic (exact) mass is 168 g/mol. The van der Waals surface area contributed by atoms with E-state index in [1.54, 1.807) is 12.5 Å². The van der Waals surface area contributed by atoms with Crippen LogP contribution in [0.1, 0.15) is 13.3 Å². The molecular formula is C8H12N2O2. The quantitative estimate of drug-likeness (QED) is 0.494. The molecule has 0 aliphatic rings. The van der Waals surface area contributed by atoms with Gasteiger partial charge in [-0.1, -0.05) is 0 Å². The third-order valence-corrected chi connectivity index (χ3v) is 1.43. The topological polar surface area (TPSA) is 44.1 Å². The van der Waals surface area contributed by atoms with Crippen molar-refractivity contribution in [2.24, 2.45) is 0 Å². The second-order valence-corrected chi connectivity index (χ2v) is 2.49. The van der Waals surface area contributed by atoms with E-state index in [0.29, 0.717) is 6.61 Å². The maximum Gasteiger partial charge on any atom is 0.302 e. The van der Waals surface area contributed by atoms with Crippen LogP contribution in [0.25, 0.3) is 0 Å². The van der Waals surface area contributed by atoms with Crippen molar-refractivity contribution in [1.29, 1.82) is 0 Å². The van der Waals surface area contributed by atoms with Gasteiger partial charge in [0, 0.05) is 25.9 Å². The summed E-state index contributed by atoms with van der Waals surface area (Å²) in [5.74, 6) is -0.222. The number of imidazole rings is 1. The Labute approximate surface area is 71.2 Å². The van der Waals surface area contributed by atoms with Crippen molar-refractivity contribution in [1.82, 2.24) is 9.55 Å². The van der Waals surface area contributed by atoms with Crippen molar-refractivity contribution in [3.8, 4) is 0 Å². The van der Waals surface area contributed by atoms with Crippen LogP contribution in [0.15, 0.2) is 18.7 Å². The Morgan fingerprint density at radius 2 is 2.50 bits per heavy atom. The highest BCUT2D eigenvalue weighted by Crippen LogP contribution is 1.91. The van der Waals surface area contributed by atoms with Crippen LogP contribution in [0.4, 0.5) is 0 Å². The second-order valence-electron chi connectivity index (χ2n) is 2.49. The summed E-state index contributed by atoms with van der Waals surface area (Å²) in [6.45, 7) is 2.73. The van der Waals surface area contributed by atoms with Gasteiger partial charge in [0.25, 0.3) is 0 Å². The first kappa shape index (κ1) is 8.77. The van der Waals surface area contributed by atoms with Crippen molar-refractivity contribution in [3.05, 3.63) is 18.7 Å². The fourth-order valence-electron chi connectivity index (χ4n) is 0.882. The first-order chi connectivity index (χ1) is 5.79. The van der Waals surface area contributed by atoms with Gasteiger partial charge in [0.2, 0.25) is 0 Å². The van der Waals surface area contributed by atoms with E-state index in [1.807, 2.05) is 10.8 Å². The van der Waals surface area contributed by atoms with Crippen LogP contribution in [0.3, 0.4) is 0 Å². The van der Waals surface area contributed by atoms with Crippen LogP contribution < -0.4 is 0 Å². The third-order valence-electron chi connectivity index (χ3n) is 1.43. The minimum atomic E-state index is -0.222. The Kier molecular flexibility index (Phi) is 3.32. The highest BCUT2D eigenvalue weighted by atomic mass is 16.5. The lowest BCUT2D eigenvalue weighted by Crippen LogP contribution is -2.04. The minimum Gasteiger partial charge on any atom is -0.466 e. The second kappa shape index (κ2) is 4.54. The summed E-state index contributed by atoms with van der Waals surface area (Å²) in [7, 11) is 0. The molecule has 0 aliphatic heterocycles. The van der Waals surface area contributed by atoms with E-state index in [1.165, 1.54) is 6.92 Å². The Bertz CT molecular complexity index is 231. The van der Waals surface area contributed by atoms with Crippen molar-refractivity contribution >= 4 is 5.97 Å². The lowest BCUT2D eigenvalue weighted by molar-refractivity contribution is -0.141. The number of ether oxygens (including phenoxy) is 1. The fourth-order valence-corrected chi connectivity index (χ4v) is 0.882. The van der Waals surface area contributed by atoms with E-state index in [2.05, 4.69) is 4.98 Å². The first-order valence-corrected chi connectivity index (χ1v) is 3.88. The van der Waals surface area contributed by atoms with Crippen LogP contribution in [-0.2, 0) is 16.1 Å². The van der Waals surface area contributed by atoms with Crippen molar-refractivity contribution in [3.63, 3.8) is 0 Å². The molecule has 66 valence electrons. The van der Waals surface area contributed by atoms with Gasteiger partial charge in [0.15, 0.2) is 0 Å². The zero-order chi connectivity index (χ0) is 8.81. The van der Waals surface area contributed by atoms with Gasteiger partial charge in [0.1, 0.15) is 0 Å². The normalized spacial score (nSPS) is 9.75. The molecule has 12 heavy (non-hydrogen) atoms. The highest BCUT2D eigenvalue weighted by molar-refractivity contribution is 5.65. The summed E-state index contributed by atoms with van der Waals surface area (Å²) in [6, 6.07) is 0. The Morgan fingerprint density at radius 1 is 1.67 bits per heavy atom. The number of esters is 1. The predicted octanol–water partition coefficient (Wildman–Crippen LogP) is 0.836. The third kappa shape index (κ3) is 3.18. The molecule has 1 aromatic rings. The summed E-state index contributed by atoms with van der Waals surface area (Å²) in [4.78, 5) is 14.3. The molecule has 0 radical (unpaired) electrons. The SMILES string of the molecule is CC(=O)OCCCn1ccnc1. The first-order valence-electron chi connectivity index (χ1n) is 3.88. The lowest BCUT2D eigenvalue weighted by atomic mass is 10.4. The maximum absolute atomic E-state index is 10.4. The molecular weight excluding hydrogens is 156 g/mol. The predicted molar refractivity (Wildman–Crippen MR) is 43.5 cm³/mol. The molecule has 0 aromatic carbocycles. The molecule has 0 bridgehead atoms. The highest BCUT2D eigenvalue weighted by Gasteiger charge is 1.93. The number of aryl methyl sites for hydroxylation is 1. The van der Waals surface area contributed by atoms with Crippen LogP contribution in [0, 0.1) is 0 Å². The van der Waals surface area contributed by atoms with Gasteiger partial charge in [-0.15, -0.1) is 0 Å². The van der Waals surface area contributed by atoms with E-state index in [0.717, 1.165) is 13.0 Å². The lowest BCUT2D eigenvalue weighted by Gasteiger charge is -2.01. The summed E-state index contributed by atoms with van der Waals surface area (Å²) in [6.07, 6.45) is 6.18. The smallest absolute Gasteiger partial charge is 0.302 e. The van der Waals surface area contributed by atoms with Crippen LogP contribution in [-0.4, -0.2) is 22.1 Å². The molecule has 0 amide bonds. The maximum atomic E-state index is 10.4. The Morgan fingerprint density at radius 3 is 3.08 bits per heavy atom. The van der Waals surface area contributed by atoms with Crippen molar-refractivity contribution in [2.75, 3.05) is 6.61 Å².